The molecular formula is C22H32NO4P. The molecule has 1 aromatic heterocycles. The Balaban J connectivity index is 1.94. The highest BCUT2D eigenvalue weighted by Gasteiger charge is 2.41. The molecule has 3 rings (SSSR count). The molecule has 154 valence electrons. The van der Waals surface area contributed by atoms with Crippen molar-refractivity contribution in [2.24, 2.45) is 5.92 Å². The van der Waals surface area contributed by atoms with Crippen molar-refractivity contribution >= 4 is 19.3 Å². The molecule has 1 aliphatic heterocycles. The Kier molecular flexibility index (Phi) is 6.70. The Labute approximate surface area is 172 Å². The van der Waals surface area contributed by atoms with E-state index in [9.17, 15) is 0 Å². The summed E-state index contributed by atoms with van der Waals surface area (Å²) in [5, 5.41) is 1.23. The number of hydrogen-bond acceptors (Lipinski definition) is 4. The molecule has 0 spiro atoms. The molecule has 1 aliphatic rings. The van der Waals surface area contributed by atoms with Crippen molar-refractivity contribution in [3.63, 3.8) is 0 Å². The average Bonchev–Trinajstić information content (AvgIpc) is 3.08. The van der Waals surface area contributed by atoms with Gasteiger partial charge in [0, 0.05) is 31.2 Å². The maximum absolute atomic E-state index is 7.49. The molecule has 0 aliphatic carbocycles. The van der Waals surface area contributed by atoms with Crippen LogP contribution in [-0.4, -0.2) is 43.7 Å². The number of methoxy groups -OCH3 is 1. The predicted molar refractivity (Wildman–Crippen MR) is 115 cm³/mol. The first-order valence-corrected chi connectivity index (χ1v) is 11.4. The van der Waals surface area contributed by atoms with Gasteiger partial charge in [-0.25, -0.2) is 0 Å². The van der Waals surface area contributed by atoms with Crippen LogP contribution in [0, 0.1) is 5.92 Å². The molecule has 0 bridgehead atoms. The van der Waals surface area contributed by atoms with Gasteiger partial charge in [0.1, 0.15) is 6.10 Å². The Hall–Kier alpha value is -1.23. The van der Waals surface area contributed by atoms with Crippen molar-refractivity contribution in [2.45, 2.75) is 45.1 Å². The van der Waals surface area contributed by atoms with Crippen LogP contribution in [0.5, 0.6) is 0 Å². The Morgan fingerprint density at radius 1 is 1.50 bits per heavy atom. The van der Waals surface area contributed by atoms with E-state index in [2.05, 4.69) is 42.5 Å². The second-order valence-electron chi connectivity index (χ2n) is 7.18. The van der Waals surface area contributed by atoms with Gasteiger partial charge in [0.15, 0.2) is 14.6 Å². The van der Waals surface area contributed by atoms with Gasteiger partial charge in [-0.1, -0.05) is 44.5 Å². The lowest BCUT2D eigenvalue weighted by atomic mass is 9.94. The van der Waals surface area contributed by atoms with Crippen molar-refractivity contribution in [3.05, 3.63) is 48.7 Å². The Bertz CT molecular complexity index is 831. The molecule has 0 amide bonds. The summed E-state index contributed by atoms with van der Waals surface area (Å²) in [4.78, 5) is 0. The Morgan fingerprint density at radius 3 is 3.07 bits per heavy atom. The van der Waals surface area contributed by atoms with Gasteiger partial charge in [-0.05, 0) is 18.1 Å². The maximum atomic E-state index is 7.49. The topological polar surface area (TPSA) is 41.9 Å². The van der Waals surface area contributed by atoms with E-state index in [1.165, 1.54) is 10.9 Å². The van der Waals surface area contributed by atoms with Gasteiger partial charge in [0.25, 0.3) is 0 Å². The number of nitrogens with zero attached hydrogens (tertiary/aromatic N) is 1. The average molecular weight is 408 g/mol. The molecular weight excluding hydrogens is 373 g/mol. The fourth-order valence-electron chi connectivity index (χ4n) is 3.78. The highest BCUT2D eigenvalue weighted by Crippen LogP contribution is 2.44. The second-order valence-corrected chi connectivity index (χ2v) is 8.53. The van der Waals surface area contributed by atoms with Crippen LogP contribution < -0.4 is 0 Å². The normalized spacial score (nSPS) is 28.5. The molecule has 1 fully saturated rings. The van der Waals surface area contributed by atoms with Crippen LogP contribution in [-0.2, 0) is 24.9 Å². The SMILES string of the molecule is [2H]C([3H])OC1COC(n2cc(CCC)c3ccccc32)C(OP(C)OCC=C)C1C. The monoisotopic (exact) mass is 408 g/mol. The van der Waals surface area contributed by atoms with E-state index in [0.29, 0.717) is 13.2 Å². The zero-order valence-electron chi connectivity index (χ0n) is 18.9. The van der Waals surface area contributed by atoms with E-state index in [4.69, 9.17) is 21.3 Å². The molecule has 1 aromatic carbocycles. The van der Waals surface area contributed by atoms with Crippen LogP contribution in [0.2, 0.25) is 0 Å². The number of benzene rings is 1. The van der Waals surface area contributed by atoms with Gasteiger partial charge in [0.2, 0.25) is 0 Å². The molecule has 0 saturated carbocycles. The minimum absolute atomic E-state index is 0.0741. The van der Waals surface area contributed by atoms with Crippen molar-refractivity contribution < 1.29 is 21.3 Å². The van der Waals surface area contributed by atoms with E-state index in [-0.39, 0.29) is 24.4 Å². The van der Waals surface area contributed by atoms with E-state index in [1.807, 2.05) is 19.7 Å². The van der Waals surface area contributed by atoms with Crippen LogP contribution in [0.25, 0.3) is 10.9 Å². The van der Waals surface area contributed by atoms with E-state index >= 15 is 0 Å². The molecule has 1 saturated heterocycles. The molecule has 6 atom stereocenters. The van der Waals surface area contributed by atoms with Crippen molar-refractivity contribution in [1.82, 2.24) is 4.57 Å². The van der Waals surface area contributed by atoms with Crippen molar-refractivity contribution in [2.75, 3.05) is 26.9 Å². The van der Waals surface area contributed by atoms with Gasteiger partial charge < -0.3 is 23.1 Å². The summed E-state index contributed by atoms with van der Waals surface area (Å²) in [5.41, 5.74) is 2.40. The number of para-hydroxylation sites is 1. The van der Waals surface area contributed by atoms with E-state index in [0.717, 1.165) is 18.4 Å². The zero-order valence-corrected chi connectivity index (χ0v) is 17.8. The summed E-state index contributed by atoms with van der Waals surface area (Å²) in [7, 11) is -2.51. The lowest BCUT2D eigenvalue weighted by Gasteiger charge is -2.41. The number of fused-ring (bicyclic) bond motifs is 1. The highest BCUT2D eigenvalue weighted by molar-refractivity contribution is 7.46. The third-order valence-electron chi connectivity index (χ3n) is 5.25. The van der Waals surface area contributed by atoms with Crippen molar-refractivity contribution in [3.8, 4) is 0 Å². The third kappa shape index (κ3) is 4.50. The largest absolute Gasteiger partial charge is 0.379 e. The highest BCUT2D eigenvalue weighted by atomic mass is 31.2. The molecule has 6 heteroatoms. The third-order valence-corrected chi connectivity index (χ3v) is 6.31. The first-order valence-electron chi connectivity index (χ1n) is 11.0. The quantitative estimate of drug-likeness (QED) is 0.417. The Morgan fingerprint density at radius 2 is 2.32 bits per heavy atom. The lowest BCUT2D eigenvalue weighted by molar-refractivity contribution is -0.180. The van der Waals surface area contributed by atoms with Crippen LogP contribution in [0.15, 0.2) is 43.1 Å². The maximum Gasteiger partial charge on any atom is 0.167 e. The molecule has 0 N–H and O–H groups in total. The van der Waals surface area contributed by atoms with Gasteiger partial charge in [-0.2, -0.15) is 0 Å². The van der Waals surface area contributed by atoms with Crippen LogP contribution >= 0.6 is 8.38 Å². The summed E-state index contributed by atoms with van der Waals surface area (Å²) in [5.74, 6) is -0.0741. The fraction of sp³-hybridized carbons (Fsp3) is 0.545. The minimum Gasteiger partial charge on any atom is -0.379 e. The van der Waals surface area contributed by atoms with Gasteiger partial charge >= 0.3 is 0 Å². The summed E-state index contributed by atoms with van der Waals surface area (Å²) >= 11 is 0. The molecule has 6 unspecified atom stereocenters. The van der Waals surface area contributed by atoms with E-state index < -0.39 is 15.4 Å². The molecule has 2 aromatic rings. The fourth-order valence-corrected chi connectivity index (χ4v) is 4.79. The summed E-state index contributed by atoms with van der Waals surface area (Å²) in [6.07, 6.45) is 4.87. The molecule has 28 heavy (non-hydrogen) atoms. The molecule has 0 radical (unpaired) electrons. The summed E-state index contributed by atoms with van der Waals surface area (Å²) < 4.78 is 40.9. The van der Waals surface area contributed by atoms with Gasteiger partial charge in [-0.3, -0.25) is 0 Å². The number of rotatable bonds is 9. The van der Waals surface area contributed by atoms with Gasteiger partial charge in [0.05, 0.1) is 27.6 Å². The zero-order chi connectivity index (χ0) is 21.7. The van der Waals surface area contributed by atoms with Gasteiger partial charge in [-0.15, -0.1) is 6.58 Å². The summed E-state index contributed by atoms with van der Waals surface area (Å²) in [6.45, 7) is 10.6. The standard InChI is InChI=1S/C22H32NO4P/c1-6-10-17-14-23(19-12-9-8-11-18(17)19)22-21(27-28(5)26-13-7-2)16(3)20(24-4)15-25-22/h7-9,11-12,14,16,20-22H,2,6,10,13,15H2,1,3-5H3/i4TD. The summed E-state index contributed by atoms with van der Waals surface area (Å²) in [6, 6.07) is 8.35. The number of aryl methyl sites for hydroxylation is 1. The smallest absolute Gasteiger partial charge is 0.167 e. The van der Waals surface area contributed by atoms with E-state index in [1.54, 1.807) is 6.08 Å². The first kappa shape index (κ1) is 18.8. The van der Waals surface area contributed by atoms with Crippen LogP contribution in [0.1, 0.15) is 34.8 Å². The number of hydrogen-bond donors (Lipinski definition) is 0. The minimum atomic E-state index is -1.36. The van der Waals surface area contributed by atoms with Crippen LogP contribution in [0.3, 0.4) is 0 Å². The number of ether oxygens (including phenoxy) is 2. The predicted octanol–water partition coefficient (Wildman–Crippen LogP) is 5.30. The first-order chi connectivity index (χ1) is 14.5. The molecule has 5 nitrogen and oxygen atoms in total. The molecule has 2 heterocycles. The number of aromatic nitrogens is 1. The lowest BCUT2D eigenvalue weighted by Crippen LogP contribution is -2.47. The second kappa shape index (κ2) is 10.00. The van der Waals surface area contributed by atoms with Crippen LogP contribution in [0.4, 0.5) is 0 Å². The van der Waals surface area contributed by atoms with Crippen molar-refractivity contribution in [1.29, 1.82) is 0 Å².